The van der Waals surface area contributed by atoms with Crippen LogP contribution in [-0.2, 0) is 4.79 Å². The summed E-state index contributed by atoms with van der Waals surface area (Å²) < 4.78 is 27.1. The smallest absolute Gasteiger partial charge is 0.256 e. The van der Waals surface area contributed by atoms with E-state index in [1.807, 2.05) is 0 Å². The Hall–Kier alpha value is -3.29. The summed E-state index contributed by atoms with van der Waals surface area (Å²) in [5.41, 5.74) is 0.143. The van der Waals surface area contributed by atoms with Crippen molar-refractivity contribution in [3.8, 4) is 0 Å². The fourth-order valence-electron chi connectivity index (χ4n) is 3.17. The van der Waals surface area contributed by atoms with E-state index < -0.39 is 23.4 Å². The van der Waals surface area contributed by atoms with Crippen molar-refractivity contribution in [3.05, 3.63) is 71.3 Å². The van der Waals surface area contributed by atoms with Gasteiger partial charge in [0.05, 0.1) is 12.1 Å². The minimum Gasteiger partial charge on any atom is -0.343 e. The first-order valence-electron chi connectivity index (χ1n) is 9.31. The first-order valence-corrected chi connectivity index (χ1v) is 9.31. The third-order valence-corrected chi connectivity index (χ3v) is 4.73. The quantitative estimate of drug-likeness (QED) is 0.853. The number of rotatable bonds is 4. The Morgan fingerprint density at radius 1 is 0.897 bits per heavy atom. The largest absolute Gasteiger partial charge is 0.343 e. The van der Waals surface area contributed by atoms with Gasteiger partial charge in [0.2, 0.25) is 5.91 Å². The van der Waals surface area contributed by atoms with Crippen LogP contribution in [0.2, 0.25) is 0 Å². The number of hydrogen-bond acceptors (Lipinski definition) is 3. The summed E-state index contributed by atoms with van der Waals surface area (Å²) in [5.74, 6) is -2.35. The number of benzene rings is 2. The molecule has 8 heteroatoms. The molecular weight excluding hydrogens is 380 g/mol. The maximum atomic E-state index is 13.9. The van der Waals surface area contributed by atoms with Gasteiger partial charge in [0.1, 0.15) is 11.6 Å². The van der Waals surface area contributed by atoms with Crippen molar-refractivity contribution in [1.82, 2.24) is 15.1 Å². The van der Waals surface area contributed by atoms with Gasteiger partial charge in [0.25, 0.3) is 11.8 Å². The second kappa shape index (κ2) is 9.27. The molecule has 1 aliphatic rings. The van der Waals surface area contributed by atoms with Gasteiger partial charge in [0, 0.05) is 31.7 Å². The van der Waals surface area contributed by atoms with Crippen molar-refractivity contribution < 1.29 is 23.2 Å². The molecule has 1 aliphatic heterocycles. The molecule has 29 heavy (non-hydrogen) atoms. The molecule has 0 spiro atoms. The molecule has 0 saturated carbocycles. The highest BCUT2D eigenvalue weighted by atomic mass is 19.1. The van der Waals surface area contributed by atoms with Crippen LogP contribution in [0.3, 0.4) is 0 Å². The van der Waals surface area contributed by atoms with Crippen LogP contribution in [0.25, 0.3) is 0 Å². The Balaban J connectivity index is 1.53. The summed E-state index contributed by atoms with van der Waals surface area (Å²) in [5, 5.41) is 2.48. The molecule has 6 nitrogen and oxygen atoms in total. The van der Waals surface area contributed by atoms with E-state index in [1.54, 1.807) is 11.0 Å². The molecule has 0 atom stereocenters. The molecule has 2 aromatic rings. The average molecular weight is 401 g/mol. The van der Waals surface area contributed by atoms with E-state index in [9.17, 15) is 23.2 Å². The molecule has 1 N–H and O–H groups in total. The van der Waals surface area contributed by atoms with Crippen LogP contribution in [0.15, 0.2) is 48.5 Å². The first kappa shape index (κ1) is 20.4. The van der Waals surface area contributed by atoms with Gasteiger partial charge in [0.15, 0.2) is 0 Å². The van der Waals surface area contributed by atoms with Gasteiger partial charge in [-0.2, -0.15) is 0 Å². The number of carbonyl (C=O) groups excluding carboxylic acids is 3. The lowest BCUT2D eigenvalue weighted by Crippen LogP contribution is -2.42. The minimum absolute atomic E-state index is 0.00892. The normalized spacial score (nSPS) is 14.3. The lowest BCUT2D eigenvalue weighted by Gasteiger charge is -2.22. The fraction of sp³-hybridized carbons (Fsp3) is 0.286. The maximum Gasteiger partial charge on any atom is 0.256 e. The molecule has 0 bridgehead atoms. The highest BCUT2D eigenvalue weighted by Gasteiger charge is 2.24. The molecular formula is C21H21F2N3O3. The molecule has 3 amide bonds. The summed E-state index contributed by atoms with van der Waals surface area (Å²) in [7, 11) is 0. The summed E-state index contributed by atoms with van der Waals surface area (Å²) in [6, 6.07) is 11.0. The zero-order valence-corrected chi connectivity index (χ0v) is 15.7. The molecule has 0 aromatic heterocycles. The Labute approximate surface area is 167 Å². The monoisotopic (exact) mass is 401 g/mol. The van der Waals surface area contributed by atoms with Gasteiger partial charge < -0.3 is 15.1 Å². The average Bonchev–Trinajstić information content (AvgIpc) is 2.98. The van der Waals surface area contributed by atoms with Crippen LogP contribution in [0.1, 0.15) is 27.1 Å². The topological polar surface area (TPSA) is 69.7 Å². The van der Waals surface area contributed by atoms with Crippen LogP contribution >= 0.6 is 0 Å². The van der Waals surface area contributed by atoms with Crippen molar-refractivity contribution in [1.29, 1.82) is 0 Å². The van der Waals surface area contributed by atoms with Crippen LogP contribution in [-0.4, -0.2) is 60.2 Å². The highest BCUT2D eigenvalue weighted by molar-refractivity contribution is 5.96. The zero-order valence-electron chi connectivity index (χ0n) is 15.7. The Bertz CT molecular complexity index is 920. The van der Waals surface area contributed by atoms with E-state index in [4.69, 9.17) is 0 Å². The Kier molecular flexibility index (Phi) is 6.54. The van der Waals surface area contributed by atoms with E-state index >= 15 is 0 Å². The van der Waals surface area contributed by atoms with Gasteiger partial charge in [-0.25, -0.2) is 8.78 Å². The molecule has 0 unspecified atom stereocenters. The van der Waals surface area contributed by atoms with Crippen molar-refractivity contribution in [2.24, 2.45) is 0 Å². The Morgan fingerprint density at radius 3 is 2.38 bits per heavy atom. The number of nitrogens with one attached hydrogen (secondary N) is 1. The zero-order chi connectivity index (χ0) is 20.8. The summed E-state index contributed by atoms with van der Waals surface area (Å²) >= 11 is 0. The molecule has 1 saturated heterocycles. The molecule has 3 rings (SSSR count). The second-order valence-electron chi connectivity index (χ2n) is 6.70. The van der Waals surface area contributed by atoms with E-state index in [2.05, 4.69) is 5.32 Å². The summed E-state index contributed by atoms with van der Waals surface area (Å²) in [6.45, 7) is 1.17. The predicted octanol–water partition coefficient (Wildman–Crippen LogP) is 2.07. The van der Waals surface area contributed by atoms with Crippen molar-refractivity contribution in [2.45, 2.75) is 6.42 Å². The molecule has 0 radical (unpaired) electrons. The molecule has 152 valence electrons. The number of nitrogens with zero attached hydrogens (tertiary/aromatic N) is 2. The van der Waals surface area contributed by atoms with Gasteiger partial charge in [-0.05, 0) is 36.8 Å². The van der Waals surface area contributed by atoms with Crippen molar-refractivity contribution in [2.75, 3.05) is 32.7 Å². The third kappa shape index (κ3) is 5.16. The van der Waals surface area contributed by atoms with E-state index in [0.717, 1.165) is 6.07 Å². The van der Waals surface area contributed by atoms with E-state index in [-0.39, 0.29) is 36.7 Å². The van der Waals surface area contributed by atoms with Crippen molar-refractivity contribution in [3.63, 3.8) is 0 Å². The fourth-order valence-corrected chi connectivity index (χ4v) is 3.17. The van der Waals surface area contributed by atoms with Crippen molar-refractivity contribution >= 4 is 17.7 Å². The van der Waals surface area contributed by atoms with E-state index in [1.165, 1.54) is 41.3 Å². The maximum absolute atomic E-state index is 13.9. The van der Waals surface area contributed by atoms with Crippen LogP contribution in [0.4, 0.5) is 8.78 Å². The third-order valence-electron chi connectivity index (χ3n) is 4.73. The summed E-state index contributed by atoms with van der Waals surface area (Å²) in [6.07, 6.45) is 0.545. The van der Waals surface area contributed by atoms with Crippen LogP contribution in [0, 0.1) is 11.6 Å². The number of carbonyl (C=O) groups is 3. The molecule has 2 aromatic carbocycles. The lowest BCUT2D eigenvalue weighted by molar-refractivity contribution is -0.129. The highest BCUT2D eigenvalue weighted by Crippen LogP contribution is 2.13. The Morgan fingerprint density at radius 2 is 1.62 bits per heavy atom. The molecule has 1 fully saturated rings. The van der Waals surface area contributed by atoms with Gasteiger partial charge in [-0.1, -0.05) is 18.2 Å². The van der Waals surface area contributed by atoms with Gasteiger partial charge in [-0.3, -0.25) is 14.4 Å². The second-order valence-corrected chi connectivity index (χ2v) is 6.70. The predicted molar refractivity (Wildman–Crippen MR) is 102 cm³/mol. The standard InChI is InChI=1S/C21H21F2N3O3/c22-16-6-3-5-15(13-16)20(28)24-14-19(27)25-9-4-10-26(12-11-25)21(29)17-7-1-2-8-18(17)23/h1-3,5-8,13H,4,9-12,14H2,(H,24,28). The number of amides is 3. The molecule has 1 heterocycles. The van der Waals surface area contributed by atoms with Gasteiger partial charge >= 0.3 is 0 Å². The minimum atomic E-state index is -0.574. The lowest BCUT2D eigenvalue weighted by atomic mass is 10.2. The van der Waals surface area contributed by atoms with E-state index in [0.29, 0.717) is 19.5 Å². The SMILES string of the molecule is O=C(NCC(=O)N1CCCN(C(=O)c2ccccc2F)CC1)c1cccc(F)c1. The van der Waals surface area contributed by atoms with Crippen LogP contribution in [0.5, 0.6) is 0 Å². The molecule has 0 aliphatic carbocycles. The summed E-state index contributed by atoms with van der Waals surface area (Å²) in [4.78, 5) is 40.1. The number of halogens is 2. The first-order chi connectivity index (χ1) is 14.0. The van der Waals surface area contributed by atoms with Crippen LogP contribution < -0.4 is 5.32 Å². The number of hydrogen-bond donors (Lipinski definition) is 1. The van der Waals surface area contributed by atoms with Gasteiger partial charge in [-0.15, -0.1) is 0 Å².